The highest BCUT2D eigenvalue weighted by Gasteiger charge is 2.33. The predicted molar refractivity (Wildman–Crippen MR) is 135 cm³/mol. The maximum atomic E-state index is 13.1. The number of benzene rings is 4. The Morgan fingerprint density at radius 1 is 0.939 bits per heavy atom. The van der Waals surface area contributed by atoms with Gasteiger partial charge in [0.1, 0.15) is 12.4 Å². The summed E-state index contributed by atoms with van der Waals surface area (Å²) in [6.07, 6.45) is 1.40. The third-order valence-corrected chi connectivity index (χ3v) is 6.72. The van der Waals surface area contributed by atoms with Gasteiger partial charge in [-0.2, -0.15) is 0 Å². The van der Waals surface area contributed by atoms with E-state index >= 15 is 0 Å². The Kier molecular flexibility index (Phi) is 6.06. The van der Waals surface area contributed by atoms with Gasteiger partial charge in [-0.05, 0) is 52.6 Å². The average molecular weight is 456 g/mol. The van der Waals surface area contributed by atoms with Crippen molar-refractivity contribution in [3.63, 3.8) is 0 Å². The predicted octanol–water partition coefficient (Wildman–Crippen LogP) is 7.35. The minimum absolute atomic E-state index is 0.0179. The lowest BCUT2D eigenvalue weighted by atomic mass is 9.81. The molecule has 5 rings (SSSR count). The Balaban J connectivity index is 1.48. The molecule has 4 heteroatoms. The van der Waals surface area contributed by atoms with Crippen molar-refractivity contribution in [2.24, 2.45) is 0 Å². The molecule has 4 aromatic rings. The molecule has 0 aliphatic carbocycles. The zero-order valence-electron chi connectivity index (χ0n) is 18.6. The second-order valence-corrected chi connectivity index (χ2v) is 8.88. The molecule has 166 valence electrons. The fraction of sp³-hybridized carbons (Fsp3) is 0.207. The molecule has 0 radical (unpaired) electrons. The SMILES string of the molecule is CCCN1C(=O)CC(c2ccc(OCc3ccccc3Cl)cc2)c2c1ccc1ccccc21. The number of amides is 1. The first-order chi connectivity index (χ1) is 16.2. The highest BCUT2D eigenvalue weighted by molar-refractivity contribution is 6.31. The number of halogens is 1. The minimum atomic E-state index is 0.0179. The fourth-order valence-electron chi connectivity index (χ4n) is 4.73. The first-order valence-electron chi connectivity index (χ1n) is 11.4. The zero-order chi connectivity index (χ0) is 22.8. The standard InChI is InChI=1S/C29H26ClNO2/c1-2-17-31-27-16-13-20-7-3-5-9-24(20)29(27)25(18-28(31)32)21-11-14-23(15-12-21)33-19-22-8-4-6-10-26(22)30/h3-16,25H,2,17-19H2,1H3. The smallest absolute Gasteiger partial charge is 0.227 e. The third kappa shape index (κ3) is 4.21. The van der Waals surface area contributed by atoms with Gasteiger partial charge in [0.2, 0.25) is 5.91 Å². The molecule has 33 heavy (non-hydrogen) atoms. The van der Waals surface area contributed by atoms with Gasteiger partial charge in [-0.15, -0.1) is 0 Å². The van der Waals surface area contributed by atoms with Crippen LogP contribution in [0.5, 0.6) is 5.75 Å². The number of hydrogen-bond donors (Lipinski definition) is 0. The van der Waals surface area contributed by atoms with Crippen LogP contribution in [-0.4, -0.2) is 12.5 Å². The third-order valence-electron chi connectivity index (χ3n) is 6.35. The number of anilines is 1. The van der Waals surface area contributed by atoms with Crippen LogP contribution in [-0.2, 0) is 11.4 Å². The van der Waals surface area contributed by atoms with Crippen molar-refractivity contribution in [3.05, 3.63) is 107 Å². The Hall–Kier alpha value is -3.30. The van der Waals surface area contributed by atoms with E-state index in [1.165, 1.54) is 16.3 Å². The van der Waals surface area contributed by atoms with Gasteiger partial charge in [0.25, 0.3) is 0 Å². The van der Waals surface area contributed by atoms with Crippen LogP contribution >= 0.6 is 11.6 Å². The monoisotopic (exact) mass is 455 g/mol. The molecule has 0 saturated heterocycles. The lowest BCUT2D eigenvalue weighted by Crippen LogP contribution is -2.37. The van der Waals surface area contributed by atoms with Crippen LogP contribution in [0.4, 0.5) is 5.69 Å². The van der Waals surface area contributed by atoms with E-state index in [0.717, 1.165) is 35.5 Å². The van der Waals surface area contributed by atoms with E-state index in [2.05, 4.69) is 55.5 Å². The molecule has 0 spiro atoms. The molecule has 1 aliphatic rings. The van der Waals surface area contributed by atoms with Gasteiger partial charge in [-0.3, -0.25) is 4.79 Å². The molecule has 0 N–H and O–H groups in total. The Morgan fingerprint density at radius 3 is 2.48 bits per heavy atom. The summed E-state index contributed by atoms with van der Waals surface area (Å²) in [5.41, 5.74) is 4.36. The molecule has 0 fully saturated rings. The molecule has 0 aromatic heterocycles. The second kappa shape index (κ2) is 9.29. The van der Waals surface area contributed by atoms with E-state index in [1.54, 1.807) is 0 Å². The van der Waals surface area contributed by atoms with Gasteiger partial charge in [0.05, 0.1) is 0 Å². The van der Waals surface area contributed by atoms with Gasteiger partial charge in [-0.1, -0.05) is 79.2 Å². The van der Waals surface area contributed by atoms with Crippen molar-refractivity contribution < 1.29 is 9.53 Å². The van der Waals surface area contributed by atoms with Crippen LogP contribution in [0.3, 0.4) is 0 Å². The van der Waals surface area contributed by atoms with Gasteiger partial charge in [-0.25, -0.2) is 0 Å². The molecule has 1 unspecified atom stereocenters. The van der Waals surface area contributed by atoms with E-state index in [9.17, 15) is 4.79 Å². The van der Waals surface area contributed by atoms with Gasteiger partial charge >= 0.3 is 0 Å². The van der Waals surface area contributed by atoms with E-state index in [0.29, 0.717) is 18.1 Å². The molecule has 0 bridgehead atoms. The van der Waals surface area contributed by atoms with E-state index in [1.807, 2.05) is 41.3 Å². The molecule has 1 aliphatic heterocycles. The fourth-order valence-corrected chi connectivity index (χ4v) is 4.92. The van der Waals surface area contributed by atoms with Crippen molar-refractivity contribution in [2.75, 3.05) is 11.4 Å². The molecule has 1 atom stereocenters. The van der Waals surface area contributed by atoms with Crippen molar-refractivity contribution in [1.29, 1.82) is 0 Å². The summed E-state index contributed by atoms with van der Waals surface area (Å²) in [6.45, 7) is 3.27. The number of fused-ring (bicyclic) bond motifs is 3. The van der Waals surface area contributed by atoms with Crippen molar-refractivity contribution in [2.45, 2.75) is 32.3 Å². The first-order valence-corrected chi connectivity index (χ1v) is 11.8. The Bertz CT molecular complexity index is 1300. The largest absolute Gasteiger partial charge is 0.489 e. The van der Waals surface area contributed by atoms with E-state index in [4.69, 9.17) is 16.3 Å². The Morgan fingerprint density at radius 2 is 1.70 bits per heavy atom. The molecular weight excluding hydrogens is 430 g/mol. The summed E-state index contributed by atoms with van der Waals surface area (Å²) in [7, 11) is 0. The second-order valence-electron chi connectivity index (χ2n) is 8.47. The van der Waals surface area contributed by atoms with Crippen LogP contribution < -0.4 is 9.64 Å². The molecular formula is C29H26ClNO2. The van der Waals surface area contributed by atoms with Crippen LogP contribution in [0.25, 0.3) is 10.8 Å². The summed E-state index contributed by atoms with van der Waals surface area (Å²) < 4.78 is 5.97. The lowest BCUT2D eigenvalue weighted by Gasteiger charge is -2.35. The van der Waals surface area contributed by atoms with Gasteiger partial charge in [0.15, 0.2) is 0 Å². The summed E-state index contributed by atoms with van der Waals surface area (Å²) in [6, 6.07) is 28.5. The van der Waals surface area contributed by atoms with Gasteiger partial charge < -0.3 is 9.64 Å². The average Bonchev–Trinajstić information content (AvgIpc) is 2.85. The van der Waals surface area contributed by atoms with Gasteiger partial charge in [0, 0.05) is 35.2 Å². The summed E-state index contributed by atoms with van der Waals surface area (Å²) in [5, 5.41) is 3.12. The number of ether oxygens (including phenoxy) is 1. The maximum absolute atomic E-state index is 13.1. The molecule has 0 saturated carbocycles. The topological polar surface area (TPSA) is 29.5 Å². The first kappa shape index (κ1) is 21.5. The van der Waals surface area contributed by atoms with Crippen molar-refractivity contribution >= 4 is 34.0 Å². The minimum Gasteiger partial charge on any atom is -0.489 e. The van der Waals surface area contributed by atoms with E-state index < -0.39 is 0 Å². The summed E-state index contributed by atoms with van der Waals surface area (Å²) in [5.74, 6) is 0.986. The van der Waals surface area contributed by atoms with Crippen LogP contribution in [0.1, 0.15) is 42.4 Å². The van der Waals surface area contributed by atoms with Crippen LogP contribution in [0, 0.1) is 0 Å². The summed E-state index contributed by atoms with van der Waals surface area (Å²) in [4.78, 5) is 15.1. The number of carbonyl (C=O) groups is 1. The number of rotatable bonds is 6. The molecule has 1 amide bonds. The van der Waals surface area contributed by atoms with Crippen molar-refractivity contribution in [1.82, 2.24) is 0 Å². The molecule has 3 nitrogen and oxygen atoms in total. The Labute approximate surface area is 199 Å². The number of hydrogen-bond acceptors (Lipinski definition) is 2. The highest BCUT2D eigenvalue weighted by atomic mass is 35.5. The normalized spacial score (nSPS) is 15.5. The number of carbonyl (C=O) groups excluding carboxylic acids is 1. The zero-order valence-corrected chi connectivity index (χ0v) is 19.4. The lowest BCUT2D eigenvalue weighted by molar-refractivity contribution is -0.119. The number of nitrogens with zero attached hydrogens (tertiary/aromatic N) is 1. The van der Waals surface area contributed by atoms with Crippen LogP contribution in [0.2, 0.25) is 5.02 Å². The quantitative estimate of drug-likeness (QED) is 0.304. The highest BCUT2D eigenvalue weighted by Crippen LogP contribution is 2.44. The maximum Gasteiger partial charge on any atom is 0.227 e. The molecule has 1 heterocycles. The van der Waals surface area contributed by atoms with Crippen LogP contribution in [0.15, 0.2) is 84.9 Å². The van der Waals surface area contributed by atoms with Crippen molar-refractivity contribution in [3.8, 4) is 5.75 Å². The summed E-state index contributed by atoms with van der Waals surface area (Å²) >= 11 is 6.24. The van der Waals surface area contributed by atoms with E-state index in [-0.39, 0.29) is 11.8 Å². The molecule has 4 aromatic carbocycles.